The second-order valence-corrected chi connectivity index (χ2v) is 5.64. The minimum absolute atomic E-state index is 0.101. The average molecular weight is 394 g/mol. The molecule has 0 aliphatic carbocycles. The van der Waals surface area contributed by atoms with Gasteiger partial charge in [0.1, 0.15) is 12.4 Å². The third-order valence-corrected chi connectivity index (χ3v) is 3.62. The highest BCUT2D eigenvalue weighted by molar-refractivity contribution is 6.35. The summed E-state index contributed by atoms with van der Waals surface area (Å²) in [6.07, 6.45) is 1.30. The predicted molar refractivity (Wildman–Crippen MR) is 98.5 cm³/mol. The van der Waals surface area contributed by atoms with Crippen LogP contribution in [-0.4, -0.2) is 32.2 Å². The molecule has 0 saturated heterocycles. The molecular weight excluding hydrogens is 377 g/mol. The van der Waals surface area contributed by atoms with Crippen LogP contribution in [0.2, 0.25) is 5.02 Å². The van der Waals surface area contributed by atoms with E-state index in [-0.39, 0.29) is 23.2 Å². The van der Waals surface area contributed by atoms with E-state index in [1.165, 1.54) is 32.5 Å². The molecule has 0 bridgehead atoms. The molecular formula is C18H17ClFN3O4. The van der Waals surface area contributed by atoms with Gasteiger partial charge in [-0.1, -0.05) is 23.7 Å². The summed E-state index contributed by atoms with van der Waals surface area (Å²) in [6.45, 7) is 0.101. The number of hydrogen-bond acceptors (Lipinski definition) is 5. The Morgan fingerprint density at radius 2 is 2.04 bits per heavy atom. The van der Waals surface area contributed by atoms with Gasteiger partial charge in [0.15, 0.2) is 11.5 Å². The molecule has 0 unspecified atom stereocenters. The molecule has 9 heteroatoms. The summed E-state index contributed by atoms with van der Waals surface area (Å²) in [4.78, 5) is 22.4. The first-order valence-electron chi connectivity index (χ1n) is 7.74. The molecule has 0 radical (unpaired) electrons. The zero-order valence-electron chi connectivity index (χ0n) is 14.6. The van der Waals surface area contributed by atoms with Crippen molar-refractivity contribution in [1.82, 2.24) is 10.7 Å². The summed E-state index contributed by atoms with van der Waals surface area (Å²) in [6, 6.07) is 9.13. The van der Waals surface area contributed by atoms with E-state index in [1.807, 2.05) is 0 Å². The summed E-state index contributed by atoms with van der Waals surface area (Å²) in [5.41, 5.74) is 3.21. The second-order valence-electron chi connectivity index (χ2n) is 5.23. The van der Waals surface area contributed by atoms with E-state index in [0.29, 0.717) is 16.9 Å². The summed E-state index contributed by atoms with van der Waals surface area (Å²) in [5, 5.41) is 6.09. The molecule has 2 amide bonds. The van der Waals surface area contributed by atoms with E-state index in [1.54, 1.807) is 24.3 Å². The van der Waals surface area contributed by atoms with Crippen LogP contribution in [0.4, 0.5) is 4.39 Å². The van der Waals surface area contributed by atoms with Crippen LogP contribution in [0.5, 0.6) is 11.5 Å². The van der Waals surface area contributed by atoms with Crippen LogP contribution in [-0.2, 0) is 16.2 Å². The molecule has 7 nitrogen and oxygen atoms in total. The van der Waals surface area contributed by atoms with Gasteiger partial charge in [-0.25, -0.2) is 9.82 Å². The minimum Gasteiger partial charge on any atom is -0.493 e. The zero-order chi connectivity index (χ0) is 19.8. The smallest absolute Gasteiger partial charge is 0.329 e. The van der Waals surface area contributed by atoms with E-state index < -0.39 is 11.8 Å². The number of benzene rings is 2. The lowest BCUT2D eigenvalue weighted by molar-refractivity contribution is -0.138. The molecule has 0 fully saturated rings. The molecule has 0 aromatic heterocycles. The van der Waals surface area contributed by atoms with E-state index in [4.69, 9.17) is 21.1 Å². The van der Waals surface area contributed by atoms with Gasteiger partial charge in [0.05, 0.1) is 18.3 Å². The second kappa shape index (κ2) is 9.54. The number of carbonyl (C=O) groups is 2. The number of ether oxygens (including phenoxy) is 2. The average Bonchev–Trinajstić information content (AvgIpc) is 2.66. The first-order chi connectivity index (χ1) is 12.9. The van der Waals surface area contributed by atoms with Crippen LogP contribution in [0.1, 0.15) is 11.1 Å². The van der Waals surface area contributed by atoms with E-state index in [9.17, 15) is 14.0 Å². The minimum atomic E-state index is -0.901. The number of nitrogens with zero attached hydrogens (tertiary/aromatic N) is 1. The van der Waals surface area contributed by atoms with Gasteiger partial charge in [-0.05, 0) is 35.4 Å². The van der Waals surface area contributed by atoms with Crippen LogP contribution < -0.4 is 20.2 Å². The summed E-state index contributed by atoms with van der Waals surface area (Å²) < 4.78 is 24.2. The molecule has 0 atom stereocenters. The van der Waals surface area contributed by atoms with Gasteiger partial charge in [-0.15, -0.1) is 0 Å². The normalized spacial score (nSPS) is 10.5. The molecule has 2 rings (SSSR count). The highest BCUT2D eigenvalue weighted by Gasteiger charge is 2.13. The van der Waals surface area contributed by atoms with E-state index in [2.05, 4.69) is 15.8 Å². The summed E-state index contributed by atoms with van der Waals surface area (Å²) in [7, 11) is 2.77. The lowest BCUT2D eigenvalue weighted by atomic mass is 10.2. The third-order valence-electron chi connectivity index (χ3n) is 3.34. The van der Waals surface area contributed by atoms with Crippen LogP contribution >= 0.6 is 11.6 Å². The molecule has 142 valence electrons. The Balaban J connectivity index is 2.12. The van der Waals surface area contributed by atoms with E-state index >= 15 is 0 Å². The van der Waals surface area contributed by atoms with Gasteiger partial charge >= 0.3 is 11.8 Å². The molecule has 0 aliphatic rings. The number of halogens is 2. The molecule has 0 aliphatic heterocycles. The molecule has 27 heavy (non-hydrogen) atoms. The van der Waals surface area contributed by atoms with Crippen molar-refractivity contribution in [3.05, 3.63) is 58.4 Å². The number of likely N-dealkylation sites (N-methyl/N-ethyl adjacent to an activating group) is 1. The molecule has 0 heterocycles. The third kappa shape index (κ3) is 5.68. The van der Waals surface area contributed by atoms with Gasteiger partial charge in [0, 0.05) is 7.05 Å². The quantitative estimate of drug-likeness (QED) is 0.447. The number of hydrogen-bond donors (Lipinski definition) is 2. The van der Waals surface area contributed by atoms with Crippen molar-refractivity contribution >= 4 is 29.6 Å². The van der Waals surface area contributed by atoms with Gasteiger partial charge in [-0.2, -0.15) is 5.10 Å². The number of amides is 2. The summed E-state index contributed by atoms with van der Waals surface area (Å²) >= 11 is 6.23. The highest BCUT2D eigenvalue weighted by atomic mass is 35.5. The van der Waals surface area contributed by atoms with Gasteiger partial charge in [0.25, 0.3) is 0 Å². The first kappa shape index (κ1) is 20.2. The Kier molecular flexibility index (Phi) is 7.13. The number of methoxy groups -OCH3 is 1. The standard InChI is InChI=1S/C18H17ClFN3O4/c1-21-17(24)18(25)23-22-9-12-7-14(19)16(15(8-12)26-2)27-10-11-4-3-5-13(20)6-11/h3-9H,10H2,1-2H3,(H,21,24)(H,23,25)/b22-9-. The highest BCUT2D eigenvalue weighted by Crippen LogP contribution is 2.36. The fourth-order valence-corrected chi connectivity index (χ4v) is 2.34. The Labute approximate surface area is 160 Å². The van der Waals surface area contributed by atoms with Crippen molar-refractivity contribution < 1.29 is 23.5 Å². The Morgan fingerprint density at radius 3 is 2.70 bits per heavy atom. The molecule has 0 spiro atoms. The SMILES string of the molecule is CNC(=O)C(=O)N/N=C\c1cc(Cl)c(OCc2cccc(F)c2)c(OC)c1. The topological polar surface area (TPSA) is 89.0 Å². The molecule has 0 saturated carbocycles. The van der Waals surface area contributed by atoms with Crippen molar-refractivity contribution in [1.29, 1.82) is 0 Å². The van der Waals surface area contributed by atoms with Crippen LogP contribution in [0.25, 0.3) is 0 Å². The lowest BCUT2D eigenvalue weighted by Gasteiger charge is -2.13. The molecule has 2 aromatic carbocycles. The maximum atomic E-state index is 13.2. The largest absolute Gasteiger partial charge is 0.493 e. The van der Waals surface area contributed by atoms with Gasteiger partial charge < -0.3 is 14.8 Å². The Hall–Kier alpha value is -3.13. The zero-order valence-corrected chi connectivity index (χ0v) is 15.3. The fraction of sp³-hybridized carbons (Fsp3) is 0.167. The summed E-state index contributed by atoms with van der Waals surface area (Å²) in [5.74, 6) is -1.46. The van der Waals surface area contributed by atoms with E-state index in [0.717, 1.165) is 0 Å². The molecule has 2 N–H and O–H groups in total. The van der Waals surface area contributed by atoms with Crippen molar-refractivity contribution in [2.24, 2.45) is 5.10 Å². The van der Waals surface area contributed by atoms with Crippen molar-refractivity contribution in [3.63, 3.8) is 0 Å². The monoisotopic (exact) mass is 393 g/mol. The van der Waals surface area contributed by atoms with Crippen LogP contribution in [0.15, 0.2) is 41.5 Å². The van der Waals surface area contributed by atoms with Crippen molar-refractivity contribution in [3.8, 4) is 11.5 Å². The van der Waals surface area contributed by atoms with Gasteiger partial charge in [-0.3, -0.25) is 9.59 Å². The molecule has 2 aromatic rings. The first-order valence-corrected chi connectivity index (χ1v) is 8.12. The maximum Gasteiger partial charge on any atom is 0.329 e. The number of carbonyl (C=O) groups excluding carboxylic acids is 2. The number of hydrazone groups is 1. The fourth-order valence-electron chi connectivity index (χ4n) is 2.07. The van der Waals surface area contributed by atoms with Crippen molar-refractivity contribution in [2.45, 2.75) is 6.61 Å². The number of nitrogens with one attached hydrogen (secondary N) is 2. The van der Waals surface area contributed by atoms with Crippen molar-refractivity contribution in [2.75, 3.05) is 14.2 Å². The van der Waals surface area contributed by atoms with Gasteiger partial charge in [0.2, 0.25) is 0 Å². The predicted octanol–water partition coefficient (Wildman–Crippen LogP) is 2.26. The Bertz CT molecular complexity index is 874. The maximum absolute atomic E-state index is 13.2. The van der Waals surface area contributed by atoms with Crippen LogP contribution in [0, 0.1) is 5.82 Å². The lowest BCUT2D eigenvalue weighted by Crippen LogP contribution is -2.35. The Morgan fingerprint density at radius 1 is 1.26 bits per heavy atom. The number of rotatable bonds is 6. The van der Waals surface area contributed by atoms with Crippen LogP contribution in [0.3, 0.4) is 0 Å².